The van der Waals surface area contributed by atoms with E-state index >= 15 is 0 Å². The van der Waals surface area contributed by atoms with E-state index in [1.54, 1.807) is 0 Å². The van der Waals surface area contributed by atoms with Crippen LogP contribution in [-0.4, -0.2) is 0 Å². The van der Waals surface area contributed by atoms with Crippen LogP contribution in [0.4, 0.5) is 5.69 Å². The van der Waals surface area contributed by atoms with Gasteiger partial charge in [0.25, 0.3) is 0 Å². The first-order valence-electron chi connectivity index (χ1n) is 5.80. The standard InChI is InChI=1S/C15H16BrNO/c1-10-3-6-14(7-11(10)2)18-9-12-4-5-13(17)8-15(12)16/h3-8H,9,17H2,1-2H3. The third-order valence-corrected chi connectivity index (χ3v) is 3.69. The minimum Gasteiger partial charge on any atom is -0.489 e. The second-order valence-electron chi connectivity index (χ2n) is 4.39. The third kappa shape index (κ3) is 3.05. The Morgan fingerprint density at radius 2 is 1.83 bits per heavy atom. The number of hydrogen-bond acceptors (Lipinski definition) is 2. The van der Waals surface area contributed by atoms with Gasteiger partial charge in [-0.3, -0.25) is 0 Å². The van der Waals surface area contributed by atoms with Gasteiger partial charge in [0.1, 0.15) is 12.4 Å². The Morgan fingerprint density at radius 1 is 1.06 bits per heavy atom. The first-order chi connectivity index (χ1) is 8.56. The molecule has 2 aromatic carbocycles. The van der Waals surface area contributed by atoms with Gasteiger partial charge >= 0.3 is 0 Å². The van der Waals surface area contributed by atoms with Gasteiger partial charge in [0.05, 0.1) is 0 Å². The number of anilines is 1. The maximum atomic E-state index is 5.78. The van der Waals surface area contributed by atoms with Crippen LogP contribution in [0.5, 0.6) is 5.75 Å². The Morgan fingerprint density at radius 3 is 2.50 bits per heavy atom. The van der Waals surface area contributed by atoms with Crippen LogP contribution in [0.2, 0.25) is 0 Å². The topological polar surface area (TPSA) is 35.2 Å². The minimum atomic E-state index is 0.531. The normalized spacial score (nSPS) is 10.4. The molecule has 2 rings (SSSR count). The molecule has 3 heteroatoms. The van der Waals surface area contributed by atoms with Crippen LogP contribution in [0.25, 0.3) is 0 Å². The largest absolute Gasteiger partial charge is 0.489 e. The van der Waals surface area contributed by atoms with Gasteiger partial charge in [0.2, 0.25) is 0 Å². The maximum Gasteiger partial charge on any atom is 0.120 e. The Hall–Kier alpha value is -1.48. The summed E-state index contributed by atoms with van der Waals surface area (Å²) in [4.78, 5) is 0. The lowest BCUT2D eigenvalue weighted by atomic mass is 10.1. The summed E-state index contributed by atoms with van der Waals surface area (Å²) in [6.07, 6.45) is 0. The highest BCUT2D eigenvalue weighted by Gasteiger charge is 2.02. The lowest BCUT2D eigenvalue weighted by Gasteiger charge is -2.10. The van der Waals surface area contributed by atoms with Crippen molar-refractivity contribution in [2.24, 2.45) is 0 Å². The Bertz CT molecular complexity index is 566. The van der Waals surface area contributed by atoms with Crippen LogP contribution in [0.3, 0.4) is 0 Å². The highest BCUT2D eigenvalue weighted by atomic mass is 79.9. The van der Waals surface area contributed by atoms with Crippen molar-refractivity contribution in [2.75, 3.05) is 5.73 Å². The Kier molecular flexibility index (Phi) is 3.92. The summed E-state index contributed by atoms with van der Waals surface area (Å²) in [6, 6.07) is 11.9. The zero-order valence-electron chi connectivity index (χ0n) is 10.5. The van der Waals surface area contributed by atoms with Gasteiger partial charge in [-0.1, -0.05) is 28.1 Å². The van der Waals surface area contributed by atoms with Gasteiger partial charge in [-0.15, -0.1) is 0 Å². The molecule has 94 valence electrons. The van der Waals surface area contributed by atoms with Crippen molar-refractivity contribution in [3.8, 4) is 5.75 Å². The second kappa shape index (κ2) is 5.44. The molecule has 0 radical (unpaired) electrons. The molecule has 0 aliphatic carbocycles. The summed E-state index contributed by atoms with van der Waals surface area (Å²) < 4.78 is 6.76. The molecular weight excluding hydrogens is 290 g/mol. The van der Waals surface area contributed by atoms with Gasteiger partial charge in [-0.25, -0.2) is 0 Å². The van der Waals surface area contributed by atoms with Crippen LogP contribution < -0.4 is 10.5 Å². The average molecular weight is 306 g/mol. The molecule has 2 nitrogen and oxygen atoms in total. The van der Waals surface area contributed by atoms with Gasteiger partial charge in [-0.2, -0.15) is 0 Å². The highest BCUT2D eigenvalue weighted by Crippen LogP contribution is 2.23. The molecule has 0 unspecified atom stereocenters. The molecule has 2 N–H and O–H groups in total. The SMILES string of the molecule is Cc1ccc(OCc2ccc(N)cc2Br)cc1C. The van der Waals surface area contributed by atoms with Crippen molar-refractivity contribution < 1.29 is 4.74 Å². The first-order valence-corrected chi connectivity index (χ1v) is 6.59. The quantitative estimate of drug-likeness (QED) is 0.861. The lowest BCUT2D eigenvalue weighted by Crippen LogP contribution is -1.98. The van der Waals surface area contributed by atoms with E-state index in [0.29, 0.717) is 6.61 Å². The lowest BCUT2D eigenvalue weighted by molar-refractivity contribution is 0.305. The van der Waals surface area contributed by atoms with E-state index in [1.165, 1.54) is 11.1 Å². The third-order valence-electron chi connectivity index (χ3n) is 2.95. The number of hydrogen-bond donors (Lipinski definition) is 1. The molecule has 0 aliphatic rings. The summed E-state index contributed by atoms with van der Waals surface area (Å²) in [5, 5.41) is 0. The average Bonchev–Trinajstić information content (AvgIpc) is 2.32. The summed E-state index contributed by atoms with van der Waals surface area (Å²) in [7, 11) is 0. The summed E-state index contributed by atoms with van der Waals surface area (Å²) >= 11 is 3.49. The van der Waals surface area contributed by atoms with Gasteiger partial charge in [-0.05, 0) is 49.2 Å². The molecule has 2 aromatic rings. The molecule has 0 aliphatic heterocycles. The fraction of sp³-hybridized carbons (Fsp3) is 0.200. The van der Waals surface area contributed by atoms with Crippen molar-refractivity contribution in [2.45, 2.75) is 20.5 Å². The fourth-order valence-corrected chi connectivity index (χ4v) is 2.16. The molecule has 0 amide bonds. The van der Waals surface area contributed by atoms with Crippen molar-refractivity contribution in [3.63, 3.8) is 0 Å². The number of rotatable bonds is 3. The van der Waals surface area contributed by atoms with Crippen molar-refractivity contribution >= 4 is 21.6 Å². The molecule has 0 fully saturated rings. The minimum absolute atomic E-state index is 0.531. The van der Waals surface area contributed by atoms with E-state index in [9.17, 15) is 0 Å². The molecule has 0 heterocycles. The molecule has 0 spiro atoms. The number of benzene rings is 2. The van der Waals surface area contributed by atoms with Crippen molar-refractivity contribution in [3.05, 3.63) is 57.6 Å². The predicted octanol–water partition coefficient (Wildman–Crippen LogP) is 4.23. The van der Waals surface area contributed by atoms with Crippen molar-refractivity contribution in [1.82, 2.24) is 0 Å². The maximum absolute atomic E-state index is 5.78. The van der Waals surface area contributed by atoms with Crippen molar-refractivity contribution in [1.29, 1.82) is 0 Å². The second-order valence-corrected chi connectivity index (χ2v) is 5.24. The van der Waals surface area contributed by atoms with Crippen LogP contribution >= 0.6 is 15.9 Å². The molecule has 18 heavy (non-hydrogen) atoms. The molecule has 0 atom stereocenters. The number of ether oxygens (including phenoxy) is 1. The molecule has 0 saturated heterocycles. The number of halogens is 1. The van der Waals surface area contributed by atoms with E-state index in [1.807, 2.05) is 24.3 Å². The first kappa shape index (κ1) is 13.0. The monoisotopic (exact) mass is 305 g/mol. The molecular formula is C15H16BrNO. The molecule has 0 saturated carbocycles. The molecule has 0 bridgehead atoms. The predicted molar refractivity (Wildman–Crippen MR) is 78.8 cm³/mol. The van der Waals surface area contributed by atoms with E-state index < -0.39 is 0 Å². The zero-order chi connectivity index (χ0) is 13.1. The highest BCUT2D eigenvalue weighted by molar-refractivity contribution is 9.10. The van der Waals surface area contributed by atoms with E-state index in [2.05, 4.69) is 41.9 Å². The van der Waals surface area contributed by atoms with E-state index in [-0.39, 0.29) is 0 Å². The van der Waals surface area contributed by atoms with Gasteiger partial charge in [0.15, 0.2) is 0 Å². The smallest absolute Gasteiger partial charge is 0.120 e. The fourth-order valence-electron chi connectivity index (χ4n) is 1.65. The van der Waals surface area contributed by atoms with Crippen LogP contribution in [-0.2, 0) is 6.61 Å². The zero-order valence-corrected chi connectivity index (χ0v) is 12.1. The van der Waals surface area contributed by atoms with Crippen LogP contribution in [0.15, 0.2) is 40.9 Å². The molecule has 0 aromatic heterocycles. The number of aryl methyl sites for hydroxylation is 2. The number of nitrogen functional groups attached to an aromatic ring is 1. The number of nitrogens with two attached hydrogens (primary N) is 1. The summed E-state index contributed by atoms with van der Waals surface area (Å²) in [6.45, 7) is 4.71. The van der Waals surface area contributed by atoms with Gasteiger partial charge in [0, 0.05) is 15.7 Å². The Labute approximate surface area is 116 Å². The van der Waals surface area contributed by atoms with Crippen LogP contribution in [0.1, 0.15) is 16.7 Å². The Balaban J connectivity index is 2.09. The summed E-state index contributed by atoms with van der Waals surface area (Å²) in [5.41, 5.74) is 10.0. The van der Waals surface area contributed by atoms with E-state index in [0.717, 1.165) is 21.5 Å². The summed E-state index contributed by atoms with van der Waals surface area (Å²) in [5.74, 6) is 0.891. The van der Waals surface area contributed by atoms with E-state index in [4.69, 9.17) is 10.5 Å². The van der Waals surface area contributed by atoms with Gasteiger partial charge < -0.3 is 10.5 Å². The van der Waals surface area contributed by atoms with Crippen LogP contribution in [0, 0.1) is 13.8 Å².